The Kier molecular flexibility index (Phi) is 9.79. The topological polar surface area (TPSA) is 46.9 Å². The Morgan fingerprint density at radius 2 is 1.56 bits per heavy atom. The molecule has 0 aliphatic rings. The third kappa shape index (κ3) is 6.93. The number of rotatable bonds is 13. The van der Waals surface area contributed by atoms with Gasteiger partial charge in [0.25, 0.3) is 5.91 Å². The Bertz CT molecular complexity index is 980. The van der Waals surface area contributed by atoms with E-state index in [0.717, 1.165) is 34.3 Å². The number of nitrogens with one attached hydrogen (secondary N) is 1. The molecule has 1 unspecified atom stereocenters. The largest absolute Gasteiger partial charge is 0.342 e. The molecule has 3 aromatic rings. The molecule has 0 aliphatic heterocycles. The van der Waals surface area contributed by atoms with Crippen LogP contribution in [0.15, 0.2) is 53.0 Å². The normalized spacial score (nSPS) is 12.2. The highest BCUT2D eigenvalue weighted by molar-refractivity contribution is 9.10. The summed E-state index contributed by atoms with van der Waals surface area (Å²) in [7, 11) is 0. The third-order valence-corrected chi connectivity index (χ3v) is 6.54. The Labute approximate surface area is 200 Å². The summed E-state index contributed by atoms with van der Waals surface area (Å²) in [6.45, 7) is 5.22. The summed E-state index contributed by atoms with van der Waals surface area (Å²) >= 11 is 3.42. The first-order chi connectivity index (χ1) is 15.6. The van der Waals surface area contributed by atoms with Crippen molar-refractivity contribution in [2.75, 3.05) is 0 Å². The fraction of sp³-hybridized carbons (Fsp3) is 0.481. The standard InChI is InChI=1S/C27H36BrN3O/c1-3-4-5-6-7-8-9-10-13-20-31-25-15-12-11-14-24(25)30-26(31)21(2)29-27(32)22-16-18-23(28)19-17-22/h11-12,14-19,21H,3-10,13,20H2,1-2H3,(H,29,32). The van der Waals surface area contributed by atoms with Crippen molar-refractivity contribution in [3.05, 3.63) is 64.4 Å². The lowest BCUT2D eigenvalue weighted by atomic mass is 10.1. The van der Waals surface area contributed by atoms with Gasteiger partial charge in [-0.3, -0.25) is 4.79 Å². The van der Waals surface area contributed by atoms with Crippen LogP contribution in [0.5, 0.6) is 0 Å². The predicted octanol–water partition coefficient (Wildman–Crippen LogP) is 7.82. The molecule has 0 bridgehead atoms. The minimum Gasteiger partial charge on any atom is -0.342 e. The first-order valence-electron chi connectivity index (χ1n) is 12.1. The summed E-state index contributed by atoms with van der Waals surface area (Å²) in [6, 6.07) is 15.5. The number of amides is 1. The summed E-state index contributed by atoms with van der Waals surface area (Å²) in [5.74, 6) is 0.850. The number of benzene rings is 2. The first-order valence-corrected chi connectivity index (χ1v) is 12.9. The van der Waals surface area contributed by atoms with E-state index in [1.165, 1.54) is 51.4 Å². The smallest absolute Gasteiger partial charge is 0.251 e. The van der Waals surface area contributed by atoms with Crippen LogP contribution in [0.2, 0.25) is 0 Å². The van der Waals surface area contributed by atoms with Gasteiger partial charge in [0.2, 0.25) is 0 Å². The SMILES string of the molecule is CCCCCCCCCCCn1c(C(C)NC(=O)c2ccc(Br)cc2)nc2ccccc21. The minimum absolute atomic E-state index is 0.0771. The molecule has 5 heteroatoms. The molecule has 0 saturated carbocycles. The number of hydrogen-bond donors (Lipinski definition) is 1. The monoisotopic (exact) mass is 497 g/mol. The van der Waals surface area contributed by atoms with Crippen LogP contribution >= 0.6 is 15.9 Å². The fourth-order valence-corrected chi connectivity index (χ4v) is 4.45. The summed E-state index contributed by atoms with van der Waals surface area (Å²) in [4.78, 5) is 17.6. The predicted molar refractivity (Wildman–Crippen MR) is 137 cm³/mol. The van der Waals surface area contributed by atoms with Crippen LogP contribution in [-0.4, -0.2) is 15.5 Å². The molecule has 32 heavy (non-hydrogen) atoms. The van der Waals surface area contributed by atoms with Crippen molar-refractivity contribution in [1.29, 1.82) is 0 Å². The molecule has 4 nitrogen and oxygen atoms in total. The molecule has 0 radical (unpaired) electrons. The van der Waals surface area contributed by atoms with E-state index in [-0.39, 0.29) is 11.9 Å². The Morgan fingerprint density at radius 3 is 2.25 bits per heavy atom. The average molecular weight is 499 g/mol. The minimum atomic E-state index is -0.169. The molecule has 1 amide bonds. The van der Waals surface area contributed by atoms with Crippen molar-refractivity contribution in [3.63, 3.8) is 0 Å². The van der Waals surface area contributed by atoms with Gasteiger partial charge in [-0.1, -0.05) is 86.4 Å². The molecule has 1 heterocycles. The van der Waals surface area contributed by atoms with Gasteiger partial charge in [0.05, 0.1) is 17.1 Å². The van der Waals surface area contributed by atoms with Gasteiger partial charge in [-0.2, -0.15) is 0 Å². The van der Waals surface area contributed by atoms with Crippen molar-refractivity contribution in [2.24, 2.45) is 0 Å². The van der Waals surface area contributed by atoms with Crippen molar-refractivity contribution < 1.29 is 4.79 Å². The molecule has 0 aliphatic carbocycles. The van der Waals surface area contributed by atoms with Gasteiger partial charge in [0.15, 0.2) is 0 Å². The lowest BCUT2D eigenvalue weighted by Gasteiger charge is -2.16. The zero-order valence-corrected chi connectivity index (χ0v) is 21.0. The second kappa shape index (κ2) is 12.8. The maximum Gasteiger partial charge on any atom is 0.251 e. The number of aryl methyl sites for hydroxylation is 1. The van der Waals surface area contributed by atoms with Gasteiger partial charge in [-0.25, -0.2) is 4.98 Å². The number of hydrogen-bond acceptors (Lipinski definition) is 2. The van der Waals surface area contributed by atoms with Crippen LogP contribution < -0.4 is 5.32 Å². The average Bonchev–Trinajstić information content (AvgIpc) is 3.17. The summed E-state index contributed by atoms with van der Waals surface area (Å²) in [5.41, 5.74) is 2.79. The van der Waals surface area contributed by atoms with Gasteiger partial charge >= 0.3 is 0 Å². The second-order valence-electron chi connectivity index (χ2n) is 8.64. The van der Waals surface area contributed by atoms with E-state index in [1.807, 2.05) is 37.3 Å². The third-order valence-electron chi connectivity index (χ3n) is 6.01. The van der Waals surface area contributed by atoms with Crippen molar-refractivity contribution in [1.82, 2.24) is 14.9 Å². The number of nitrogens with zero attached hydrogens (tertiary/aromatic N) is 2. The number of carbonyl (C=O) groups is 1. The quantitative estimate of drug-likeness (QED) is 0.244. The number of fused-ring (bicyclic) bond motifs is 1. The van der Waals surface area contributed by atoms with E-state index in [9.17, 15) is 4.79 Å². The fourth-order valence-electron chi connectivity index (χ4n) is 4.19. The molecule has 0 saturated heterocycles. The van der Waals surface area contributed by atoms with E-state index in [0.29, 0.717) is 5.56 Å². The first kappa shape index (κ1) is 24.5. The van der Waals surface area contributed by atoms with Gasteiger partial charge in [0.1, 0.15) is 5.82 Å². The highest BCUT2D eigenvalue weighted by Gasteiger charge is 2.19. The lowest BCUT2D eigenvalue weighted by molar-refractivity contribution is 0.0937. The number of aromatic nitrogens is 2. The molecule has 1 aromatic heterocycles. The van der Waals surface area contributed by atoms with Gasteiger partial charge in [0, 0.05) is 16.6 Å². The zero-order valence-electron chi connectivity index (χ0n) is 19.4. The molecule has 0 fully saturated rings. The van der Waals surface area contributed by atoms with Crippen LogP contribution in [0, 0.1) is 0 Å². The number of unbranched alkanes of at least 4 members (excludes halogenated alkanes) is 8. The molecule has 1 atom stereocenters. The molecular formula is C27H36BrN3O. The van der Waals surface area contributed by atoms with Crippen LogP contribution in [0.3, 0.4) is 0 Å². The number of para-hydroxylation sites is 2. The molecule has 172 valence electrons. The maximum absolute atomic E-state index is 12.7. The van der Waals surface area contributed by atoms with Crippen LogP contribution in [-0.2, 0) is 6.54 Å². The molecule has 2 aromatic carbocycles. The van der Waals surface area contributed by atoms with Crippen molar-refractivity contribution >= 4 is 32.9 Å². The Hall–Kier alpha value is -2.14. The maximum atomic E-state index is 12.7. The summed E-state index contributed by atoms with van der Waals surface area (Å²) < 4.78 is 3.26. The Morgan fingerprint density at radius 1 is 0.938 bits per heavy atom. The lowest BCUT2D eigenvalue weighted by Crippen LogP contribution is -2.28. The van der Waals surface area contributed by atoms with Crippen molar-refractivity contribution in [3.8, 4) is 0 Å². The number of halogens is 1. The molecule has 0 spiro atoms. The highest BCUT2D eigenvalue weighted by Crippen LogP contribution is 2.22. The van der Waals surface area contributed by atoms with E-state index in [1.54, 1.807) is 0 Å². The Balaban J connectivity index is 1.59. The highest BCUT2D eigenvalue weighted by atomic mass is 79.9. The van der Waals surface area contributed by atoms with E-state index in [2.05, 4.69) is 50.9 Å². The van der Waals surface area contributed by atoms with E-state index >= 15 is 0 Å². The van der Waals surface area contributed by atoms with Crippen molar-refractivity contribution in [2.45, 2.75) is 84.2 Å². The molecule has 1 N–H and O–H groups in total. The van der Waals surface area contributed by atoms with E-state index in [4.69, 9.17) is 4.98 Å². The molecular weight excluding hydrogens is 462 g/mol. The van der Waals surface area contributed by atoms with E-state index < -0.39 is 0 Å². The van der Waals surface area contributed by atoms with Gasteiger partial charge < -0.3 is 9.88 Å². The second-order valence-corrected chi connectivity index (χ2v) is 9.56. The van der Waals surface area contributed by atoms with Crippen LogP contribution in [0.25, 0.3) is 11.0 Å². The van der Waals surface area contributed by atoms with Gasteiger partial charge in [-0.15, -0.1) is 0 Å². The summed E-state index contributed by atoms with van der Waals surface area (Å²) in [5, 5.41) is 3.13. The molecule has 3 rings (SSSR count). The summed E-state index contributed by atoms with van der Waals surface area (Å²) in [6.07, 6.45) is 11.8. The number of carbonyl (C=O) groups excluding carboxylic acids is 1. The van der Waals surface area contributed by atoms with Crippen LogP contribution in [0.1, 0.15) is 93.9 Å². The van der Waals surface area contributed by atoms with Crippen LogP contribution in [0.4, 0.5) is 0 Å². The number of imidazole rings is 1. The zero-order chi connectivity index (χ0) is 22.8. The van der Waals surface area contributed by atoms with Gasteiger partial charge in [-0.05, 0) is 49.7 Å².